The number of carboxylic acid groups (broad SMARTS) is 1. The number of rotatable bonds is 1. The number of hydrogen-bond acceptors (Lipinski definition) is 3. The van der Waals surface area contributed by atoms with Crippen LogP contribution in [0.1, 0.15) is 6.92 Å². The van der Waals surface area contributed by atoms with Gasteiger partial charge in [-0.1, -0.05) is 6.92 Å². The fourth-order valence-corrected chi connectivity index (χ4v) is 0.568. The average molecular weight is 215 g/mol. The molecule has 0 amide bonds. The monoisotopic (exact) mass is 215 g/mol. The molecule has 1 aliphatic rings. The lowest BCUT2D eigenvalue weighted by atomic mass is 9.89. The summed E-state index contributed by atoms with van der Waals surface area (Å²) in [6.07, 6.45) is -5.08. The van der Waals surface area contributed by atoms with Crippen molar-refractivity contribution < 1.29 is 27.8 Å². The van der Waals surface area contributed by atoms with Gasteiger partial charge >= 0.3 is 12.1 Å². The van der Waals surface area contributed by atoms with E-state index in [0.717, 1.165) is 19.8 Å². The second-order valence-corrected chi connectivity index (χ2v) is 3.31. The smallest absolute Gasteiger partial charge is 0.475 e. The zero-order valence-corrected chi connectivity index (χ0v) is 7.60. The SMILES string of the molecule is CC1(CN)COC1.O=C(O)C(F)(F)F. The summed E-state index contributed by atoms with van der Waals surface area (Å²) in [6, 6.07) is 0. The molecule has 7 heteroatoms. The third-order valence-electron chi connectivity index (χ3n) is 1.64. The Bertz CT molecular complexity index is 195. The van der Waals surface area contributed by atoms with Crippen molar-refractivity contribution in [1.82, 2.24) is 0 Å². The number of hydrogen-bond donors (Lipinski definition) is 2. The summed E-state index contributed by atoms with van der Waals surface area (Å²) in [6.45, 7) is 4.59. The van der Waals surface area contributed by atoms with Gasteiger partial charge in [0.15, 0.2) is 0 Å². The topological polar surface area (TPSA) is 72.5 Å². The average Bonchev–Trinajstić information content (AvgIpc) is 1.99. The van der Waals surface area contributed by atoms with Crippen molar-refractivity contribution in [2.75, 3.05) is 19.8 Å². The lowest BCUT2D eigenvalue weighted by Gasteiger charge is -2.36. The summed E-state index contributed by atoms with van der Waals surface area (Å²) in [5.41, 5.74) is 5.71. The molecule has 0 bridgehead atoms. The van der Waals surface area contributed by atoms with Gasteiger partial charge in [-0.25, -0.2) is 4.79 Å². The highest BCUT2D eigenvalue weighted by atomic mass is 19.4. The molecular formula is C7H12F3NO3. The van der Waals surface area contributed by atoms with E-state index in [-0.39, 0.29) is 0 Å². The molecule has 84 valence electrons. The van der Waals surface area contributed by atoms with Gasteiger partial charge < -0.3 is 15.6 Å². The van der Waals surface area contributed by atoms with Crippen molar-refractivity contribution in [3.63, 3.8) is 0 Å². The van der Waals surface area contributed by atoms with Crippen molar-refractivity contribution in [2.45, 2.75) is 13.1 Å². The number of carbonyl (C=O) groups is 1. The molecule has 0 aromatic heterocycles. The number of aliphatic carboxylic acids is 1. The molecule has 3 N–H and O–H groups in total. The Hall–Kier alpha value is -0.820. The first-order valence-corrected chi connectivity index (χ1v) is 3.79. The number of alkyl halides is 3. The molecule has 1 heterocycles. The van der Waals surface area contributed by atoms with Gasteiger partial charge in [0, 0.05) is 12.0 Å². The molecule has 0 aromatic carbocycles. The van der Waals surface area contributed by atoms with Crippen LogP contribution < -0.4 is 5.73 Å². The standard InChI is InChI=1S/C5H11NO.C2HF3O2/c1-5(2-6)3-7-4-5;3-2(4,5)1(6)7/h2-4,6H2,1H3;(H,6,7). The minimum Gasteiger partial charge on any atom is -0.475 e. The van der Waals surface area contributed by atoms with Crippen LogP contribution in [0.3, 0.4) is 0 Å². The lowest BCUT2D eigenvalue weighted by Crippen LogP contribution is -2.45. The third-order valence-corrected chi connectivity index (χ3v) is 1.64. The predicted octanol–water partition coefficient (Wildman–Crippen LogP) is 0.615. The Labute approximate surface area is 78.8 Å². The zero-order valence-electron chi connectivity index (χ0n) is 7.60. The summed E-state index contributed by atoms with van der Waals surface area (Å²) < 4.78 is 36.7. The molecule has 0 atom stereocenters. The second-order valence-electron chi connectivity index (χ2n) is 3.31. The Morgan fingerprint density at radius 3 is 1.93 bits per heavy atom. The van der Waals surface area contributed by atoms with Crippen LogP contribution in [-0.4, -0.2) is 37.0 Å². The van der Waals surface area contributed by atoms with Crippen LogP contribution >= 0.6 is 0 Å². The van der Waals surface area contributed by atoms with Crippen LogP contribution in [0.15, 0.2) is 0 Å². The van der Waals surface area contributed by atoms with Gasteiger partial charge in [0.2, 0.25) is 0 Å². The van der Waals surface area contributed by atoms with Crippen molar-refractivity contribution >= 4 is 5.97 Å². The Balaban J connectivity index is 0.000000241. The van der Waals surface area contributed by atoms with Crippen LogP contribution in [0.25, 0.3) is 0 Å². The molecule has 0 aromatic rings. The van der Waals surface area contributed by atoms with Crippen LogP contribution in [-0.2, 0) is 9.53 Å². The first-order chi connectivity index (χ1) is 6.21. The summed E-state index contributed by atoms with van der Waals surface area (Å²) >= 11 is 0. The normalized spacial score (nSPS) is 18.9. The number of nitrogens with two attached hydrogens (primary N) is 1. The molecule has 4 nitrogen and oxygen atoms in total. The maximum atomic E-state index is 10.6. The van der Waals surface area contributed by atoms with Gasteiger partial charge in [-0.15, -0.1) is 0 Å². The molecule has 0 saturated carbocycles. The molecule has 0 aliphatic carbocycles. The van der Waals surface area contributed by atoms with Gasteiger partial charge in [0.05, 0.1) is 13.2 Å². The van der Waals surface area contributed by atoms with Gasteiger partial charge in [-0.05, 0) is 0 Å². The van der Waals surface area contributed by atoms with Crippen LogP contribution in [0, 0.1) is 5.41 Å². The zero-order chi connectivity index (χ0) is 11.4. The van der Waals surface area contributed by atoms with Crippen molar-refractivity contribution in [3.8, 4) is 0 Å². The first-order valence-electron chi connectivity index (χ1n) is 3.79. The minimum atomic E-state index is -5.08. The largest absolute Gasteiger partial charge is 0.490 e. The maximum Gasteiger partial charge on any atom is 0.490 e. The summed E-state index contributed by atoms with van der Waals surface area (Å²) in [4.78, 5) is 8.90. The fraction of sp³-hybridized carbons (Fsp3) is 0.857. The van der Waals surface area contributed by atoms with Crippen LogP contribution in [0.4, 0.5) is 13.2 Å². The van der Waals surface area contributed by atoms with E-state index in [4.69, 9.17) is 20.4 Å². The van der Waals surface area contributed by atoms with Crippen LogP contribution in [0.5, 0.6) is 0 Å². The Kier molecular flexibility index (Phi) is 4.34. The van der Waals surface area contributed by atoms with E-state index in [1.807, 2.05) is 0 Å². The van der Waals surface area contributed by atoms with E-state index >= 15 is 0 Å². The summed E-state index contributed by atoms with van der Waals surface area (Å²) in [5, 5.41) is 7.12. The van der Waals surface area contributed by atoms with Crippen molar-refractivity contribution in [1.29, 1.82) is 0 Å². The van der Waals surface area contributed by atoms with Crippen molar-refractivity contribution in [3.05, 3.63) is 0 Å². The summed E-state index contributed by atoms with van der Waals surface area (Å²) in [5.74, 6) is -2.76. The van der Waals surface area contributed by atoms with Crippen molar-refractivity contribution in [2.24, 2.45) is 11.1 Å². The number of halogens is 3. The Morgan fingerprint density at radius 2 is 1.93 bits per heavy atom. The van der Waals surface area contributed by atoms with Gasteiger partial charge in [-0.3, -0.25) is 0 Å². The fourth-order valence-electron chi connectivity index (χ4n) is 0.568. The maximum absolute atomic E-state index is 10.6. The van der Waals surface area contributed by atoms with E-state index in [0.29, 0.717) is 5.41 Å². The highest BCUT2D eigenvalue weighted by molar-refractivity contribution is 5.73. The molecule has 1 fully saturated rings. The van der Waals surface area contributed by atoms with E-state index in [9.17, 15) is 13.2 Å². The predicted molar refractivity (Wildman–Crippen MR) is 41.7 cm³/mol. The number of ether oxygens (including phenoxy) is 1. The number of carboxylic acids is 1. The molecule has 0 unspecified atom stereocenters. The van der Waals surface area contributed by atoms with E-state index < -0.39 is 12.1 Å². The Morgan fingerprint density at radius 1 is 1.57 bits per heavy atom. The molecule has 0 spiro atoms. The highest BCUT2D eigenvalue weighted by Crippen LogP contribution is 2.23. The minimum absolute atomic E-state index is 0.319. The molecule has 0 radical (unpaired) electrons. The van der Waals surface area contributed by atoms with Gasteiger partial charge in [0.25, 0.3) is 0 Å². The highest BCUT2D eigenvalue weighted by Gasteiger charge is 2.38. The summed E-state index contributed by atoms with van der Waals surface area (Å²) in [7, 11) is 0. The van der Waals surface area contributed by atoms with Gasteiger partial charge in [0.1, 0.15) is 0 Å². The second kappa shape index (κ2) is 4.61. The molecule has 1 rings (SSSR count). The first kappa shape index (κ1) is 13.2. The lowest BCUT2D eigenvalue weighted by molar-refractivity contribution is -0.192. The third kappa shape index (κ3) is 4.43. The molecule has 1 saturated heterocycles. The molecule has 14 heavy (non-hydrogen) atoms. The van der Waals surface area contributed by atoms with E-state index in [1.165, 1.54) is 0 Å². The molecule has 1 aliphatic heterocycles. The van der Waals surface area contributed by atoms with Gasteiger partial charge in [-0.2, -0.15) is 13.2 Å². The quantitative estimate of drug-likeness (QED) is 0.672. The molecular weight excluding hydrogens is 203 g/mol. The van der Waals surface area contributed by atoms with E-state index in [1.54, 1.807) is 0 Å². The van der Waals surface area contributed by atoms with Crippen LogP contribution in [0.2, 0.25) is 0 Å². The van der Waals surface area contributed by atoms with E-state index in [2.05, 4.69) is 6.92 Å².